The number of aliphatic imine (C=N–C) groups is 1. The maximum atomic E-state index is 13.6. The van der Waals surface area contributed by atoms with Crippen LogP contribution < -0.4 is 10.6 Å². The highest BCUT2D eigenvalue weighted by molar-refractivity contribution is 5.78. The van der Waals surface area contributed by atoms with E-state index in [4.69, 9.17) is 0 Å². The van der Waals surface area contributed by atoms with E-state index >= 15 is 0 Å². The summed E-state index contributed by atoms with van der Waals surface area (Å²) in [5.74, 6) is -0.400. The molecule has 19 heavy (non-hydrogen) atoms. The largest absolute Gasteiger partial charge is 0.387 e. The van der Waals surface area contributed by atoms with E-state index in [9.17, 15) is 4.39 Å². The Morgan fingerprint density at radius 2 is 2.21 bits per heavy atom. The first-order chi connectivity index (χ1) is 9.12. The van der Waals surface area contributed by atoms with E-state index in [0.29, 0.717) is 12.2 Å². The molecule has 1 aromatic rings. The van der Waals surface area contributed by atoms with Crippen molar-refractivity contribution in [1.29, 1.82) is 0 Å². The predicted octanol–water partition coefficient (Wildman–Crippen LogP) is 2.00. The fourth-order valence-electron chi connectivity index (χ4n) is 1.53. The predicted molar refractivity (Wildman–Crippen MR) is 76.5 cm³/mol. The van der Waals surface area contributed by atoms with Crippen molar-refractivity contribution in [3.05, 3.63) is 53.4 Å². The van der Waals surface area contributed by atoms with E-state index in [0.717, 1.165) is 11.4 Å². The molecule has 0 bridgehead atoms. The minimum atomic E-state index is -0.400. The molecule has 102 valence electrons. The summed E-state index contributed by atoms with van der Waals surface area (Å²) in [5.41, 5.74) is 2.30. The van der Waals surface area contributed by atoms with Crippen molar-refractivity contribution >= 4 is 6.21 Å². The summed E-state index contributed by atoms with van der Waals surface area (Å²) in [6.45, 7) is 6.26. The summed E-state index contributed by atoms with van der Waals surface area (Å²) in [7, 11) is 3.59. The van der Waals surface area contributed by atoms with E-state index < -0.39 is 5.82 Å². The SMILES string of the molecule is C=C(N=Cc1nc(CNC)ccc1F)/C(=C/C)NC. The molecule has 1 rings (SSSR count). The Morgan fingerprint density at radius 1 is 1.47 bits per heavy atom. The van der Waals surface area contributed by atoms with Crippen LogP contribution in [0.25, 0.3) is 0 Å². The zero-order chi connectivity index (χ0) is 14.3. The van der Waals surface area contributed by atoms with Crippen LogP contribution >= 0.6 is 0 Å². The average Bonchev–Trinajstić information content (AvgIpc) is 2.41. The molecule has 0 aromatic carbocycles. The number of nitrogens with zero attached hydrogens (tertiary/aromatic N) is 2. The number of likely N-dealkylation sites (N-methyl/N-ethyl adjacent to an activating group) is 1. The third-order valence-corrected chi connectivity index (χ3v) is 2.50. The van der Waals surface area contributed by atoms with E-state index in [1.54, 1.807) is 13.1 Å². The third kappa shape index (κ3) is 4.30. The van der Waals surface area contributed by atoms with Crippen LogP contribution in [0.2, 0.25) is 0 Å². The van der Waals surface area contributed by atoms with E-state index in [1.807, 2.05) is 20.0 Å². The van der Waals surface area contributed by atoms with Crippen molar-refractivity contribution in [2.24, 2.45) is 4.99 Å². The molecule has 1 aromatic heterocycles. The molecule has 0 fully saturated rings. The number of pyridine rings is 1. The fraction of sp³-hybridized carbons (Fsp3) is 0.286. The smallest absolute Gasteiger partial charge is 0.150 e. The summed E-state index contributed by atoms with van der Waals surface area (Å²) in [6.07, 6.45) is 3.23. The quantitative estimate of drug-likeness (QED) is 0.609. The first-order valence-corrected chi connectivity index (χ1v) is 5.99. The highest BCUT2D eigenvalue weighted by Gasteiger charge is 2.03. The van der Waals surface area contributed by atoms with Gasteiger partial charge in [0.05, 0.1) is 23.3 Å². The second kappa shape index (κ2) is 7.43. The van der Waals surface area contributed by atoms with Crippen molar-refractivity contribution in [2.45, 2.75) is 13.5 Å². The normalized spacial score (nSPS) is 11.9. The molecule has 2 N–H and O–H groups in total. The van der Waals surface area contributed by atoms with Crippen LogP contribution in [-0.4, -0.2) is 25.3 Å². The summed E-state index contributed by atoms with van der Waals surface area (Å²) in [6, 6.07) is 3.03. The minimum absolute atomic E-state index is 0.209. The standard InChI is InChI=1S/C14H19FN4/c1-5-13(17-4)10(2)18-9-14-12(15)7-6-11(19-14)8-16-3/h5-7,9,16-17H,2,8H2,1,3-4H3/b13-5-,18-9?. The van der Waals surface area contributed by atoms with Crippen LogP contribution in [0.4, 0.5) is 4.39 Å². The summed E-state index contributed by atoms with van der Waals surface area (Å²) in [4.78, 5) is 8.30. The lowest BCUT2D eigenvalue weighted by atomic mass is 10.3. The lowest BCUT2D eigenvalue weighted by Gasteiger charge is -2.05. The molecular weight excluding hydrogens is 243 g/mol. The molecule has 0 spiro atoms. The number of allylic oxidation sites excluding steroid dienone is 1. The molecule has 0 aliphatic heterocycles. The van der Waals surface area contributed by atoms with Crippen molar-refractivity contribution in [3.63, 3.8) is 0 Å². The van der Waals surface area contributed by atoms with Gasteiger partial charge in [0, 0.05) is 13.6 Å². The number of nitrogens with one attached hydrogen (secondary N) is 2. The zero-order valence-electron chi connectivity index (χ0n) is 11.5. The topological polar surface area (TPSA) is 49.3 Å². The van der Waals surface area contributed by atoms with Gasteiger partial charge in [0.15, 0.2) is 0 Å². The maximum Gasteiger partial charge on any atom is 0.150 e. The Bertz CT molecular complexity index is 506. The Kier molecular flexibility index (Phi) is 5.89. The molecule has 1 heterocycles. The van der Waals surface area contributed by atoms with E-state index in [-0.39, 0.29) is 5.69 Å². The first-order valence-electron chi connectivity index (χ1n) is 5.99. The number of rotatable bonds is 6. The first kappa shape index (κ1) is 15.0. The van der Waals surface area contributed by atoms with Gasteiger partial charge in [-0.2, -0.15) is 0 Å². The number of aromatic nitrogens is 1. The van der Waals surface area contributed by atoms with Gasteiger partial charge in [0.2, 0.25) is 0 Å². The lowest BCUT2D eigenvalue weighted by molar-refractivity contribution is 0.615. The van der Waals surface area contributed by atoms with Gasteiger partial charge in [-0.1, -0.05) is 12.7 Å². The fourth-order valence-corrected chi connectivity index (χ4v) is 1.53. The number of hydrogen-bond acceptors (Lipinski definition) is 4. The van der Waals surface area contributed by atoms with Crippen LogP contribution in [0, 0.1) is 5.82 Å². The Labute approximate surface area is 113 Å². The molecule has 0 atom stereocenters. The minimum Gasteiger partial charge on any atom is -0.387 e. The molecule has 0 saturated heterocycles. The van der Waals surface area contributed by atoms with Crippen molar-refractivity contribution in [3.8, 4) is 0 Å². The molecule has 5 heteroatoms. The van der Waals surface area contributed by atoms with Crippen molar-refractivity contribution in [2.75, 3.05) is 14.1 Å². The highest BCUT2D eigenvalue weighted by atomic mass is 19.1. The van der Waals surface area contributed by atoms with Crippen molar-refractivity contribution < 1.29 is 4.39 Å². The Balaban J connectivity index is 2.92. The molecule has 0 amide bonds. The Hall–Kier alpha value is -2.01. The van der Waals surface area contributed by atoms with Gasteiger partial charge in [0.1, 0.15) is 11.5 Å². The molecule has 0 unspecified atom stereocenters. The van der Waals surface area contributed by atoms with Crippen molar-refractivity contribution in [1.82, 2.24) is 15.6 Å². The second-order valence-corrected chi connectivity index (χ2v) is 3.86. The number of hydrogen-bond donors (Lipinski definition) is 2. The lowest BCUT2D eigenvalue weighted by Crippen LogP contribution is -2.09. The molecule has 0 saturated carbocycles. The van der Waals surface area contributed by atoms with Gasteiger partial charge >= 0.3 is 0 Å². The van der Waals surface area contributed by atoms with Crippen LogP contribution in [0.5, 0.6) is 0 Å². The number of halogens is 1. The monoisotopic (exact) mass is 262 g/mol. The summed E-state index contributed by atoms with van der Waals surface area (Å²) < 4.78 is 13.6. The van der Waals surface area contributed by atoms with Crippen LogP contribution in [-0.2, 0) is 6.54 Å². The molecule has 0 radical (unpaired) electrons. The van der Waals surface area contributed by atoms with Gasteiger partial charge in [-0.15, -0.1) is 0 Å². The molecule has 0 aliphatic carbocycles. The summed E-state index contributed by atoms with van der Waals surface area (Å²) in [5, 5.41) is 5.92. The van der Waals surface area contributed by atoms with Crippen LogP contribution in [0.15, 0.2) is 41.2 Å². The second-order valence-electron chi connectivity index (χ2n) is 3.86. The van der Waals surface area contributed by atoms with Gasteiger partial charge in [-0.3, -0.25) is 4.99 Å². The molecule has 4 nitrogen and oxygen atoms in total. The third-order valence-electron chi connectivity index (χ3n) is 2.50. The van der Waals surface area contributed by atoms with Gasteiger partial charge < -0.3 is 10.6 Å². The maximum absolute atomic E-state index is 13.6. The van der Waals surface area contributed by atoms with Gasteiger partial charge in [-0.25, -0.2) is 9.37 Å². The van der Waals surface area contributed by atoms with Gasteiger partial charge in [0.25, 0.3) is 0 Å². The zero-order valence-corrected chi connectivity index (χ0v) is 11.5. The Morgan fingerprint density at radius 3 is 2.79 bits per heavy atom. The van der Waals surface area contributed by atoms with Gasteiger partial charge in [-0.05, 0) is 26.1 Å². The van der Waals surface area contributed by atoms with E-state index in [2.05, 4.69) is 27.2 Å². The van der Waals surface area contributed by atoms with E-state index in [1.165, 1.54) is 12.3 Å². The molecule has 0 aliphatic rings. The van der Waals surface area contributed by atoms with Crippen LogP contribution in [0.3, 0.4) is 0 Å². The van der Waals surface area contributed by atoms with Crippen LogP contribution in [0.1, 0.15) is 18.3 Å². The average molecular weight is 262 g/mol. The summed E-state index contributed by atoms with van der Waals surface area (Å²) >= 11 is 0. The molecular formula is C14H19FN4. The highest BCUT2D eigenvalue weighted by Crippen LogP contribution is 2.08.